The number of rotatable bonds is 12. The monoisotopic (exact) mass is 481 g/mol. The highest BCUT2D eigenvalue weighted by Gasteiger charge is 2.10. The fourth-order valence-corrected chi connectivity index (χ4v) is 3.75. The smallest absolute Gasteiger partial charge is 0.124 e. The van der Waals surface area contributed by atoms with Crippen molar-refractivity contribution in [1.82, 2.24) is 5.32 Å². The number of nitrogens with one attached hydrogen (secondary N) is 1. The van der Waals surface area contributed by atoms with Gasteiger partial charge in [0.25, 0.3) is 0 Å². The van der Waals surface area contributed by atoms with Gasteiger partial charge in [-0.2, -0.15) is 0 Å². The molecule has 0 fully saturated rings. The molecule has 0 amide bonds. The molecule has 0 aromatic heterocycles. The van der Waals surface area contributed by atoms with Gasteiger partial charge >= 0.3 is 0 Å². The number of halogens is 3. The van der Waals surface area contributed by atoms with E-state index in [4.69, 9.17) is 32.7 Å². The van der Waals surface area contributed by atoms with E-state index in [1.165, 1.54) is 17.2 Å². The summed E-state index contributed by atoms with van der Waals surface area (Å²) in [5.41, 5.74) is 2.07. The minimum Gasteiger partial charge on any atom is -0.488 e. The van der Waals surface area contributed by atoms with Crippen molar-refractivity contribution in [2.45, 2.75) is 39.3 Å². The minimum absolute atomic E-state index is 0. The van der Waals surface area contributed by atoms with Crippen LogP contribution in [0.2, 0.25) is 10.0 Å². The molecule has 3 aromatic carbocycles. The van der Waals surface area contributed by atoms with E-state index in [2.05, 4.69) is 42.6 Å². The Kier molecular flexibility index (Phi) is 11.5. The van der Waals surface area contributed by atoms with Gasteiger partial charge in [-0.1, -0.05) is 72.9 Å². The molecule has 0 aliphatic carbocycles. The van der Waals surface area contributed by atoms with E-state index in [9.17, 15) is 0 Å². The first-order valence-electron chi connectivity index (χ1n) is 10.5. The van der Waals surface area contributed by atoms with E-state index in [-0.39, 0.29) is 12.4 Å². The highest BCUT2D eigenvalue weighted by atomic mass is 35.5. The molecule has 31 heavy (non-hydrogen) atoms. The maximum absolute atomic E-state index is 6.31. The molecule has 0 saturated carbocycles. The minimum atomic E-state index is 0. The predicted octanol–water partition coefficient (Wildman–Crippen LogP) is 7.44. The van der Waals surface area contributed by atoms with E-state index in [1.54, 1.807) is 6.07 Å². The van der Waals surface area contributed by atoms with Gasteiger partial charge in [0.15, 0.2) is 0 Å². The maximum atomic E-state index is 6.31. The lowest BCUT2D eigenvalue weighted by atomic mass is 10.0. The third-order valence-corrected chi connectivity index (χ3v) is 5.57. The second kappa shape index (κ2) is 13.8. The van der Waals surface area contributed by atoms with Gasteiger partial charge in [0.05, 0.1) is 0 Å². The van der Waals surface area contributed by atoms with Crippen LogP contribution in [0.3, 0.4) is 0 Å². The van der Waals surface area contributed by atoms with Crippen molar-refractivity contribution in [3.8, 4) is 5.75 Å². The van der Waals surface area contributed by atoms with Gasteiger partial charge in [0.2, 0.25) is 0 Å². The summed E-state index contributed by atoms with van der Waals surface area (Å²) in [5, 5.41) is 7.18. The molecule has 3 rings (SSSR count). The van der Waals surface area contributed by atoms with Crippen LogP contribution in [0.15, 0.2) is 54.6 Å². The van der Waals surface area contributed by atoms with Crippen molar-refractivity contribution in [3.63, 3.8) is 0 Å². The van der Waals surface area contributed by atoms with Gasteiger partial charge < -0.3 is 14.8 Å². The van der Waals surface area contributed by atoms with Crippen molar-refractivity contribution in [2.75, 3.05) is 19.8 Å². The van der Waals surface area contributed by atoms with Gasteiger partial charge in [0.1, 0.15) is 12.4 Å². The molecule has 168 valence electrons. The normalized spacial score (nSPS) is 10.8. The first kappa shape index (κ1) is 25.8. The van der Waals surface area contributed by atoms with Gasteiger partial charge in [0, 0.05) is 40.9 Å². The third-order valence-electron chi connectivity index (χ3n) is 4.98. The summed E-state index contributed by atoms with van der Waals surface area (Å²) < 4.78 is 11.8. The van der Waals surface area contributed by atoms with Crippen LogP contribution in [0.5, 0.6) is 5.75 Å². The van der Waals surface area contributed by atoms with E-state index in [0.29, 0.717) is 16.7 Å². The van der Waals surface area contributed by atoms with E-state index in [1.807, 2.05) is 18.2 Å². The van der Waals surface area contributed by atoms with Crippen molar-refractivity contribution >= 4 is 46.4 Å². The fourth-order valence-electron chi connectivity index (χ4n) is 3.29. The molecule has 0 aliphatic rings. The van der Waals surface area contributed by atoms with Crippen molar-refractivity contribution in [2.24, 2.45) is 0 Å². The fraction of sp³-hybridized carbons (Fsp3) is 0.360. The summed E-state index contributed by atoms with van der Waals surface area (Å²) >= 11 is 12.3. The largest absolute Gasteiger partial charge is 0.488 e. The molecule has 0 heterocycles. The Labute approximate surface area is 201 Å². The molecule has 0 spiro atoms. The third kappa shape index (κ3) is 7.85. The summed E-state index contributed by atoms with van der Waals surface area (Å²) in [4.78, 5) is 0. The molecule has 0 bridgehead atoms. The van der Waals surface area contributed by atoms with Crippen LogP contribution in [0.25, 0.3) is 10.8 Å². The average molecular weight is 483 g/mol. The molecule has 3 nitrogen and oxygen atoms in total. The molecule has 0 atom stereocenters. The van der Waals surface area contributed by atoms with Crippen LogP contribution in [-0.2, 0) is 17.9 Å². The molecule has 1 N–H and O–H groups in total. The van der Waals surface area contributed by atoms with Crippen LogP contribution in [-0.4, -0.2) is 19.8 Å². The van der Waals surface area contributed by atoms with Crippen LogP contribution in [0.4, 0.5) is 0 Å². The molecule has 0 saturated heterocycles. The highest BCUT2D eigenvalue weighted by molar-refractivity contribution is 6.35. The Morgan fingerprint density at radius 2 is 1.74 bits per heavy atom. The first-order chi connectivity index (χ1) is 14.7. The first-order valence-corrected chi connectivity index (χ1v) is 11.3. The molecule has 3 aromatic rings. The summed E-state index contributed by atoms with van der Waals surface area (Å²) in [6, 6.07) is 18.0. The SMILES string of the molecule is CCCCOCCCNCc1c(OCc2ccc(Cl)cc2Cl)ccc2ccccc12.Cl. The topological polar surface area (TPSA) is 30.5 Å². The number of unbranched alkanes of at least 4 members (excludes halogenated alkanes) is 1. The van der Waals surface area contributed by atoms with Crippen LogP contribution >= 0.6 is 35.6 Å². The van der Waals surface area contributed by atoms with Gasteiger partial charge in [-0.15, -0.1) is 12.4 Å². The second-order valence-corrected chi connectivity index (χ2v) is 8.13. The Balaban J connectivity index is 0.00000341. The van der Waals surface area contributed by atoms with Crippen LogP contribution in [0, 0.1) is 0 Å². The number of fused-ring (bicyclic) bond motifs is 1. The molecule has 6 heteroatoms. The number of hydrogen-bond donors (Lipinski definition) is 1. The molecule has 0 radical (unpaired) electrons. The van der Waals surface area contributed by atoms with E-state index >= 15 is 0 Å². The molecule has 0 unspecified atom stereocenters. The van der Waals surface area contributed by atoms with Crippen molar-refractivity contribution in [1.29, 1.82) is 0 Å². The average Bonchev–Trinajstić information content (AvgIpc) is 2.75. The standard InChI is InChI=1S/C25H29Cl2NO2.ClH/c1-2-3-14-29-15-6-13-28-17-23-22-8-5-4-7-19(22)10-12-25(23)30-18-20-9-11-21(26)16-24(20)27;/h4-5,7-12,16,28H,2-3,6,13-15,17-18H2,1H3;1H. The zero-order valence-electron chi connectivity index (χ0n) is 17.8. The quantitative estimate of drug-likeness (QED) is 0.272. The highest BCUT2D eigenvalue weighted by Crippen LogP contribution is 2.30. The Morgan fingerprint density at radius 1 is 0.935 bits per heavy atom. The van der Waals surface area contributed by atoms with Crippen LogP contribution < -0.4 is 10.1 Å². The lowest BCUT2D eigenvalue weighted by Gasteiger charge is -2.16. The van der Waals surface area contributed by atoms with Gasteiger partial charge in [-0.05, 0) is 48.4 Å². The molecular weight excluding hydrogens is 453 g/mol. The predicted molar refractivity (Wildman–Crippen MR) is 134 cm³/mol. The Hall–Kier alpha value is -1.49. The zero-order valence-corrected chi connectivity index (χ0v) is 20.2. The summed E-state index contributed by atoms with van der Waals surface area (Å²) in [5.74, 6) is 0.867. The van der Waals surface area contributed by atoms with Gasteiger partial charge in [-0.3, -0.25) is 0 Å². The summed E-state index contributed by atoms with van der Waals surface area (Å²) in [6.45, 7) is 5.85. The lowest BCUT2D eigenvalue weighted by Crippen LogP contribution is -2.17. The summed E-state index contributed by atoms with van der Waals surface area (Å²) in [6.07, 6.45) is 3.29. The number of benzene rings is 3. The van der Waals surface area contributed by atoms with Gasteiger partial charge in [-0.25, -0.2) is 0 Å². The molecular formula is C25H30Cl3NO2. The Morgan fingerprint density at radius 3 is 2.55 bits per heavy atom. The van der Waals surface area contributed by atoms with Crippen molar-refractivity contribution < 1.29 is 9.47 Å². The molecule has 0 aliphatic heterocycles. The number of hydrogen-bond acceptors (Lipinski definition) is 3. The summed E-state index contributed by atoms with van der Waals surface area (Å²) in [7, 11) is 0. The number of ether oxygens (including phenoxy) is 2. The van der Waals surface area contributed by atoms with E-state index < -0.39 is 0 Å². The second-order valence-electron chi connectivity index (χ2n) is 7.28. The van der Waals surface area contributed by atoms with E-state index in [0.717, 1.165) is 56.0 Å². The van der Waals surface area contributed by atoms with Crippen LogP contribution in [0.1, 0.15) is 37.3 Å². The lowest BCUT2D eigenvalue weighted by molar-refractivity contribution is 0.128. The maximum Gasteiger partial charge on any atom is 0.124 e. The zero-order chi connectivity index (χ0) is 21.2. The Bertz CT molecular complexity index is 949. The van der Waals surface area contributed by atoms with Crippen molar-refractivity contribution in [3.05, 3.63) is 75.8 Å².